The van der Waals surface area contributed by atoms with Gasteiger partial charge in [0.1, 0.15) is 5.69 Å². The average Bonchev–Trinajstić information content (AvgIpc) is 3.12. The van der Waals surface area contributed by atoms with Crippen molar-refractivity contribution in [3.63, 3.8) is 0 Å². The van der Waals surface area contributed by atoms with Crippen molar-refractivity contribution < 1.29 is 26.1 Å². The van der Waals surface area contributed by atoms with Gasteiger partial charge in [0.2, 0.25) is 15.8 Å². The number of hydrogen-bond donors (Lipinski definition) is 1. The topological polar surface area (TPSA) is 72.2 Å². The molecule has 0 unspecified atom stereocenters. The van der Waals surface area contributed by atoms with E-state index >= 15 is 0 Å². The van der Waals surface area contributed by atoms with Crippen molar-refractivity contribution in [1.29, 1.82) is 0 Å². The van der Waals surface area contributed by atoms with Crippen molar-refractivity contribution >= 4 is 10.0 Å². The number of nitrogens with zero attached hydrogens (tertiary/aromatic N) is 1. The van der Waals surface area contributed by atoms with Crippen molar-refractivity contribution in [3.8, 4) is 11.3 Å². The Balaban J connectivity index is 1.89. The molecule has 1 N–H and O–H groups in total. The van der Waals surface area contributed by atoms with Gasteiger partial charge in [0.05, 0.1) is 4.90 Å². The molecule has 0 radical (unpaired) electrons. The van der Waals surface area contributed by atoms with Gasteiger partial charge in [-0.25, -0.2) is 13.1 Å². The van der Waals surface area contributed by atoms with Gasteiger partial charge in [-0.1, -0.05) is 47.6 Å². The molecule has 3 aromatic rings. The molecule has 0 atom stereocenters. The van der Waals surface area contributed by atoms with E-state index in [1.807, 2.05) is 6.07 Å². The molecule has 3 rings (SSSR count). The first-order chi connectivity index (χ1) is 12.7. The quantitative estimate of drug-likeness (QED) is 0.703. The van der Waals surface area contributed by atoms with E-state index in [1.165, 1.54) is 18.2 Å². The third kappa shape index (κ3) is 4.37. The average molecular weight is 396 g/mol. The zero-order valence-corrected chi connectivity index (χ0v) is 14.9. The number of aryl methyl sites for hydroxylation is 1. The van der Waals surface area contributed by atoms with Crippen molar-refractivity contribution in [3.05, 3.63) is 71.5 Å². The maximum atomic E-state index is 12.7. The Hall–Kier alpha value is -2.65. The van der Waals surface area contributed by atoms with Gasteiger partial charge in [-0.15, -0.1) is 0 Å². The van der Waals surface area contributed by atoms with E-state index < -0.39 is 22.0 Å². The number of benzene rings is 2. The molecule has 0 amide bonds. The number of sulfonamides is 1. The van der Waals surface area contributed by atoms with Crippen LogP contribution in [0.15, 0.2) is 64.0 Å². The van der Waals surface area contributed by atoms with Gasteiger partial charge < -0.3 is 4.52 Å². The second-order valence-corrected chi connectivity index (χ2v) is 7.60. The van der Waals surface area contributed by atoms with Gasteiger partial charge in [-0.2, -0.15) is 13.2 Å². The molecule has 0 bridgehead atoms. The summed E-state index contributed by atoms with van der Waals surface area (Å²) >= 11 is 0. The molecule has 0 spiro atoms. The summed E-state index contributed by atoms with van der Waals surface area (Å²) in [5, 5.41) is 3.39. The van der Waals surface area contributed by atoms with Gasteiger partial charge in [0.25, 0.3) is 0 Å². The Bertz CT molecular complexity index is 1050. The molecule has 0 saturated carbocycles. The van der Waals surface area contributed by atoms with Crippen LogP contribution in [-0.2, 0) is 22.7 Å². The summed E-state index contributed by atoms with van der Waals surface area (Å²) in [5.41, 5.74) is 1.35. The molecule has 2 aromatic carbocycles. The molecule has 1 heterocycles. The number of hydrogen-bond acceptors (Lipinski definition) is 4. The van der Waals surface area contributed by atoms with Crippen LogP contribution in [0.25, 0.3) is 11.3 Å². The summed E-state index contributed by atoms with van der Waals surface area (Å²) in [5.74, 6) is -1.25. The van der Waals surface area contributed by atoms with E-state index in [0.29, 0.717) is 5.56 Å². The van der Waals surface area contributed by atoms with E-state index in [0.717, 1.165) is 11.6 Å². The van der Waals surface area contributed by atoms with Crippen molar-refractivity contribution in [2.75, 3.05) is 0 Å². The zero-order chi connectivity index (χ0) is 19.7. The summed E-state index contributed by atoms with van der Waals surface area (Å²) in [6, 6.07) is 14.0. The lowest BCUT2D eigenvalue weighted by Crippen LogP contribution is -2.24. The molecule has 0 aliphatic rings. The first-order valence-electron chi connectivity index (χ1n) is 7.85. The number of nitrogens with one attached hydrogen (secondary N) is 1. The summed E-state index contributed by atoms with van der Waals surface area (Å²) < 4.78 is 70.1. The van der Waals surface area contributed by atoms with Crippen molar-refractivity contribution in [2.24, 2.45) is 0 Å². The third-order valence-electron chi connectivity index (χ3n) is 3.87. The third-order valence-corrected chi connectivity index (χ3v) is 5.42. The molecule has 0 aliphatic carbocycles. The SMILES string of the molecule is Cc1ccc(-c2cc(C(F)(F)F)on2)cc1S(=O)(=O)NCc1ccccc1. The van der Waals surface area contributed by atoms with Crippen LogP contribution in [0.4, 0.5) is 13.2 Å². The monoisotopic (exact) mass is 396 g/mol. The molecular weight excluding hydrogens is 381 g/mol. The van der Waals surface area contributed by atoms with Crippen molar-refractivity contribution in [2.45, 2.75) is 24.5 Å². The fraction of sp³-hybridized carbons (Fsp3) is 0.167. The number of alkyl halides is 3. The van der Waals surface area contributed by atoms with Crippen LogP contribution in [-0.4, -0.2) is 13.6 Å². The molecule has 1 aromatic heterocycles. The van der Waals surface area contributed by atoms with Crippen LogP contribution in [0.1, 0.15) is 16.9 Å². The molecule has 0 saturated heterocycles. The van der Waals surface area contributed by atoms with Crippen LogP contribution >= 0.6 is 0 Å². The highest BCUT2D eigenvalue weighted by atomic mass is 32.2. The van der Waals surface area contributed by atoms with Crippen LogP contribution < -0.4 is 4.72 Å². The maximum Gasteiger partial charge on any atom is 0.452 e. The number of halogens is 3. The standard InChI is InChI=1S/C18H15F3N2O3S/c1-12-7-8-14(15-10-17(26-23-15)18(19,20)21)9-16(12)27(24,25)22-11-13-5-3-2-4-6-13/h2-10,22H,11H2,1H3. The Morgan fingerprint density at radius 2 is 1.78 bits per heavy atom. The minimum absolute atomic E-state index is 0.0347. The fourth-order valence-electron chi connectivity index (χ4n) is 2.45. The molecular formula is C18H15F3N2O3S. The number of rotatable bonds is 5. The van der Waals surface area contributed by atoms with Crippen LogP contribution in [0.2, 0.25) is 0 Å². The van der Waals surface area contributed by atoms with E-state index in [9.17, 15) is 21.6 Å². The van der Waals surface area contributed by atoms with Gasteiger partial charge >= 0.3 is 6.18 Å². The molecule has 0 fully saturated rings. The lowest BCUT2D eigenvalue weighted by Gasteiger charge is -2.10. The predicted octanol–water partition coefficient (Wildman–Crippen LogP) is 4.15. The summed E-state index contributed by atoms with van der Waals surface area (Å²) in [7, 11) is -3.87. The highest BCUT2D eigenvalue weighted by Crippen LogP contribution is 2.33. The molecule has 142 valence electrons. The van der Waals surface area contributed by atoms with Gasteiger partial charge in [-0.3, -0.25) is 0 Å². The van der Waals surface area contributed by atoms with Gasteiger partial charge in [0.15, 0.2) is 0 Å². The minimum atomic E-state index is -4.66. The summed E-state index contributed by atoms with van der Waals surface area (Å²) in [6.45, 7) is 1.69. The first-order valence-corrected chi connectivity index (χ1v) is 9.34. The minimum Gasteiger partial charge on any atom is -0.351 e. The normalized spacial score (nSPS) is 12.3. The van der Waals surface area contributed by atoms with Crippen LogP contribution in [0, 0.1) is 6.92 Å². The second-order valence-electron chi connectivity index (χ2n) is 5.86. The summed E-state index contributed by atoms with van der Waals surface area (Å²) in [6.07, 6.45) is -4.66. The predicted molar refractivity (Wildman–Crippen MR) is 92.1 cm³/mol. The summed E-state index contributed by atoms with van der Waals surface area (Å²) in [4.78, 5) is -0.0347. The fourth-order valence-corrected chi connectivity index (χ4v) is 3.73. The smallest absolute Gasteiger partial charge is 0.351 e. The van der Waals surface area contributed by atoms with Crippen molar-refractivity contribution in [1.82, 2.24) is 9.88 Å². The Morgan fingerprint density at radius 3 is 2.41 bits per heavy atom. The Kier molecular flexibility index (Phi) is 5.07. The highest BCUT2D eigenvalue weighted by Gasteiger charge is 2.36. The molecule has 27 heavy (non-hydrogen) atoms. The molecule has 5 nitrogen and oxygen atoms in total. The van der Waals surface area contributed by atoms with E-state index in [-0.39, 0.29) is 22.7 Å². The number of aromatic nitrogens is 1. The van der Waals surface area contributed by atoms with E-state index in [1.54, 1.807) is 31.2 Å². The van der Waals surface area contributed by atoms with Gasteiger partial charge in [0, 0.05) is 18.2 Å². The molecule has 9 heteroatoms. The lowest BCUT2D eigenvalue weighted by atomic mass is 10.1. The second kappa shape index (κ2) is 7.16. The first kappa shape index (κ1) is 19.1. The van der Waals surface area contributed by atoms with Gasteiger partial charge in [-0.05, 0) is 24.1 Å². The highest BCUT2D eigenvalue weighted by molar-refractivity contribution is 7.89. The van der Waals surface area contributed by atoms with Crippen LogP contribution in [0.3, 0.4) is 0 Å². The Labute approximate surface area is 153 Å². The lowest BCUT2D eigenvalue weighted by molar-refractivity contribution is -0.155. The van der Waals surface area contributed by atoms with E-state index in [4.69, 9.17) is 0 Å². The largest absolute Gasteiger partial charge is 0.452 e. The van der Waals surface area contributed by atoms with Crippen LogP contribution in [0.5, 0.6) is 0 Å². The molecule has 0 aliphatic heterocycles. The maximum absolute atomic E-state index is 12.7. The van der Waals surface area contributed by atoms with E-state index in [2.05, 4.69) is 14.4 Å². The Morgan fingerprint density at radius 1 is 1.07 bits per heavy atom. The zero-order valence-electron chi connectivity index (χ0n) is 14.1.